The molecule has 1 saturated heterocycles. The summed E-state index contributed by atoms with van der Waals surface area (Å²) in [5, 5.41) is 9.48. The van der Waals surface area contributed by atoms with Gasteiger partial charge in [0.25, 0.3) is 0 Å². The van der Waals surface area contributed by atoms with Gasteiger partial charge in [-0.05, 0) is 6.42 Å². The van der Waals surface area contributed by atoms with Crippen LogP contribution in [0.1, 0.15) is 6.42 Å². The van der Waals surface area contributed by atoms with Gasteiger partial charge in [-0.2, -0.15) is 5.10 Å². The number of carbonyl (C=O) groups is 1. The molecule has 0 aliphatic carbocycles. The number of amides is 2. The largest absolute Gasteiger partial charge is 0.379 e. The molecule has 1 aromatic heterocycles. The van der Waals surface area contributed by atoms with E-state index >= 15 is 0 Å². The fourth-order valence-electron chi connectivity index (χ4n) is 1.49. The SMILES string of the molecule is Cn1cc(NC(=O)NC2CCOC2)cn1. The summed E-state index contributed by atoms with van der Waals surface area (Å²) in [7, 11) is 1.80. The maximum Gasteiger partial charge on any atom is 0.319 e. The molecule has 0 spiro atoms. The van der Waals surface area contributed by atoms with Crippen LogP contribution >= 0.6 is 0 Å². The van der Waals surface area contributed by atoms with Gasteiger partial charge in [-0.25, -0.2) is 4.79 Å². The first-order chi connectivity index (χ1) is 7.24. The van der Waals surface area contributed by atoms with Crippen LogP contribution in [0, 0.1) is 0 Å². The molecular formula is C9H14N4O2. The molecule has 2 rings (SSSR count). The van der Waals surface area contributed by atoms with Gasteiger partial charge in [0.15, 0.2) is 0 Å². The van der Waals surface area contributed by atoms with E-state index in [0.29, 0.717) is 12.3 Å². The molecule has 1 aliphatic heterocycles. The lowest BCUT2D eigenvalue weighted by Gasteiger charge is -2.10. The first-order valence-corrected chi connectivity index (χ1v) is 4.88. The Kier molecular flexibility index (Phi) is 2.86. The quantitative estimate of drug-likeness (QED) is 0.739. The molecule has 15 heavy (non-hydrogen) atoms. The van der Waals surface area contributed by atoms with Crippen molar-refractivity contribution < 1.29 is 9.53 Å². The average molecular weight is 210 g/mol. The van der Waals surface area contributed by atoms with Crippen LogP contribution in [0.15, 0.2) is 12.4 Å². The van der Waals surface area contributed by atoms with E-state index in [1.54, 1.807) is 24.1 Å². The molecule has 0 aromatic carbocycles. The van der Waals surface area contributed by atoms with Crippen LogP contribution < -0.4 is 10.6 Å². The minimum atomic E-state index is -0.210. The Hall–Kier alpha value is -1.56. The summed E-state index contributed by atoms with van der Waals surface area (Å²) in [6.45, 7) is 1.32. The minimum absolute atomic E-state index is 0.127. The highest BCUT2D eigenvalue weighted by Crippen LogP contribution is 2.05. The molecule has 1 atom stereocenters. The molecule has 0 radical (unpaired) electrons. The number of anilines is 1. The predicted molar refractivity (Wildman–Crippen MR) is 54.6 cm³/mol. The topological polar surface area (TPSA) is 68.2 Å². The highest BCUT2D eigenvalue weighted by Gasteiger charge is 2.17. The molecule has 0 saturated carbocycles. The van der Waals surface area contributed by atoms with Crippen LogP contribution in [0.25, 0.3) is 0 Å². The van der Waals surface area contributed by atoms with Crippen LogP contribution in [0.3, 0.4) is 0 Å². The van der Waals surface area contributed by atoms with E-state index in [2.05, 4.69) is 15.7 Å². The van der Waals surface area contributed by atoms with E-state index in [1.807, 2.05) is 0 Å². The van der Waals surface area contributed by atoms with E-state index in [1.165, 1.54) is 0 Å². The molecule has 2 heterocycles. The molecule has 1 aliphatic rings. The number of hydrogen-bond donors (Lipinski definition) is 2. The number of aryl methyl sites for hydroxylation is 1. The Morgan fingerprint density at radius 3 is 3.20 bits per heavy atom. The standard InChI is InChI=1S/C9H14N4O2/c1-13-5-8(4-10-13)12-9(14)11-7-2-3-15-6-7/h4-5,7H,2-3,6H2,1H3,(H2,11,12,14). The van der Waals surface area contributed by atoms with Gasteiger partial charge >= 0.3 is 6.03 Å². The van der Waals surface area contributed by atoms with Gasteiger partial charge in [0.2, 0.25) is 0 Å². The summed E-state index contributed by atoms with van der Waals surface area (Å²) in [5.41, 5.74) is 0.689. The number of nitrogens with one attached hydrogen (secondary N) is 2. The highest BCUT2D eigenvalue weighted by atomic mass is 16.5. The maximum atomic E-state index is 11.5. The predicted octanol–water partition coefficient (Wildman–Crippen LogP) is 0.330. The van der Waals surface area contributed by atoms with Crippen molar-refractivity contribution in [2.75, 3.05) is 18.5 Å². The zero-order valence-corrected chi connectivity index (χ0v) is 8.56. The van der Waals surface area contributed by atoms with Gasteiger partial charge in [0.05, 0.1) is 24.5 Å². The van der Waals surface area contributed by atoms with Gasteiger partial charge in [-0.1, -0.05) is 0 Å². The molecule has 2 N–H and O–H groups in total. The number of carbonyl (C=O) groups excluding carboxylic acids is 1. The summed E-state index contributed by atoms with van der Waals surface area (Å²) in [5.74, 6) is 0. The summed E-state index contributed by atoms with van der Waals surface area (Å²) >= 11 is 0. The van der Waals surface area contributed by atoms with Gasteiger partial charge in [0.1, 0.15) is 0 Å². The minimum Gasteiger partial charge on any atom is -0.379 e. The molecule has 2 amide bonds. The lowest BCUT2D eigenvalue weighted by atomic mass is 10.3. The first kappa shape index (κ1) is 9.97. The van der Waals surface area contributed by atoms with E-state index < -0.39 is 0 Å². The maximum absolute atomic E-state index is 11.5. The molecule has 0 bridgehead atoms. The van der Waals surface area contributed by atoms with E-state index in [0.717, 1.165) is 13.0 Å². The molecular weight excluding hydrogens is 196 g/mol. The number of ether oxygens (including phenoxy) is 1. The monoisotopic (exact) mass is 210 g/mol. The zero-order chi connectivity index (χ0) is 10.7. The van der Waals surface area contributed by atoms with Crippen molar-refractivity contribution in [3.8, 4) is 0 Å². The normalized spacial score (nSPS) is 20.2. The second-order valence-corrected chi connectivity index (χ2v) is 3.56. The Morgan fingerprint density at radius 1 is 1.73 bits per heavy atom. The third-order valence-corrected chi connectivity index (χ3v) is 2.23. The van der Waals surface area contributed by atoms with Crippen LogP contribution in [0.5, 0.6) is 0 Å². The van der Waals surface area contributed by atoms with Gasteiger partial charge in [0, 0.05) is 19.9 Å². The second-order valence-electron chi connectivity index (χ2n) is 3.56. The molecule has 82 valence electrons. The average Bonchev–Trinajstić information content (AvgIpc) is 2.77. The Bertz CT molecular complexity index is 344. The van der Waals surface area contributed by atoms with Crippen molar-refractivity contribution in [3.63, 3.8) is 0 Å². The summed E-state index contributed by atoms with van der Waals surface area (Å²) in [6.07, 6.45) is 4.22. The number of hydrogen-bond acceptors (Lipinski definition) is 3. The van der Waals surface area contributed by atoms with Crippen molar-refractivity contribution in [2.45, 2.75) is 12.5 Å². The highest BCUT2D eigenvalue weighted by molar-refractivity contribution is 5.89. The van der Waals surface area contributed by atoms with Crippen LogP contribution in [-0.2, 0) is 11.8 Å². The smallest absolute Gasteiger partial charge is 0.319 e. The van der Waals surface area contributed by atoms with E-state index in [4.69, 9.17) is 4.74 Å². The Balaban J connectivity index is 1.81. The fourth-order valence-corrected chi connectivity index (χ4v) is 1.49. The van der Waals surface area contributed by atoms with E-state index in [-0.39, 0.29) is 12.1 Å². The number of urea groups is 1. The lowest BCUT2D eigenvalue weighted by molar-refractivity contribution is 0.189. The summed E-state index contributed by atoms with van der Waals surface area (Å²) in [4.78, 5) is 11.5. The molecule has 1 unspecified atom stereocenters. The van der Waals surface area contributed by atoms with Crippen molar-refractivity contribution in [1.29, 1.82) is 0 Å². The van der Waals surface area contributed by atoms with Crippen molar-refractivity contribution in [3.05, 3.63) is 12.4 Å². The third kappa shape index (κ3) is 2.69. The lowest BCUT2D eigenvalue weighted by Crippen LogP contribution is -2.38. The van der Waals surface area contributed by atoms with Crippen molar-refractivity contribution >= 4 is 11.7 Å². The summed E-state index contributed by atoms with van der Waals surface area (Å²) in [6, 6.07) is -0.0832. The summed E-state index contributed by atoms with van der Waals surface area (Å²) < 4.78 is 6.79. The molecule has 6 heteroatoms. The fraction of sp³-hybridized carbons (Fsp3) is 0.556. The number of aromatic nitrogens is 2. The Morgan fingerprint density at radius 2 is 2.60 bits per heavy atom. The molecule has 1 fully saturated rings. The third-order valence-electron chi connectivity index (χ3n) is 2.23. The van der Waals surface area contributed by atoms with Gasteiger partial charge in [-0.3, -0.25) is 4.68 Å². The van der Waals surface area contributed by atoms with Crippen LogP contribution in [-0.4, -0.2) is 35.1 Å². The number of rotatable bonds is 2. The van der Waals surface area contributed by atoms with E-state index in [9.17, 15) is 4.79 Å². The molecule has 1 aromatic rings. The van der Waals surface area contributed by atoms with Crippen molar-refractivity contribution in [1.82, 2.24) is 15.1 Å². The second kappa shape index (κ2) is 4.31. The van der Waals surface area contributed by atoms with Crippen LogP contribution in [0.4, 0.5) is 10.5 Å². The van der Waals surface area contributed by atoms with Gasteiger partial charge < -0.3 is 15.4 Å². The Labute approximate surface area is 87.6 Å². The zero-order valence-electron chi connectivity index (χ0n) is 8.56. The van der Waals surface area contributed by atoms with Gasteiger partial charge in [-0.15, -0.1) is 0 Å². The van der Waals surface area contributed by atoms with Crippen molar-refractivity contribution in [2.24, 2.45) is 7.05 Å². The molecule has 6 nitrogen and oxygen atoms in total. The first-order valence-electron chi connectivity index (χ1n) is 4.88. The number of nitrogens with zero attached hydrogens (tertiary/aromatic N) is 2. The van der Waals surface area contributed by atoms with Crippen LogP contribution in [0.2, 0.25) is 0 Å².